The van der Waals surface area contributed by atoms with Gasteiger partial charge >= 0.3 is 6.01 Å². The van der Waals surface area contributed by atoms with Crippen molar-refractivity contribution in [1.82, 2.24) is 15.1 Å². The van der Waals surface area contributed by atoms with Crippen LogP contribution in [0, 0.1) is 5.92 Å². The van der Waals surface area contributed by atoms with Crippen LogP contribution in [0.1, 0.15) is 38.5 Å². The second-order valence-corrected chi connectivity index (χ2v) is 5.22. The van der Waals surface area contributed by atoms with Crippen molar-refractivity contribution in [3.63, 3.8) is 0 Å². The molecule has 0 saturated carbocycles. The third-order valence-electron chi connectivity index (χ3n) is 3.72. The molecule has 1 aliphatic heterocycles. The van der Waals surface area contributed by atoms with Gasteiger partial charge in [0.05, 0.1) is 6.54 Å². The molecule has 8 heteroatoms. The fraction of sp³-hybridized carbons (Fsp3) is 0.846. The van der Waals surface area contributed by atoms with Crippen LogP contribution in [-0.2, 0) is 6.54 Å². The second-order valence-electron chi connectivity index (χ2n) is 5.22. The standard InChI is InChI=1S/C13H25N5O.2ClH/c1-2-3-6-18-7-4-11(5-8-18)10-15-13-17-16-12(9-14)19-13;;/h11H,2-10,14H2,1H3,(H,15,17);2*1H. The summed E-state index contributed by atoms with van der Waals surface area (Å²) in [6, 6.07) is 0.494. The first kappa shape index (κ1) is 20.4. The SMILES string of the molecule is CCCCN1CCC(CNc2nnc(CN)o2)CC1.Cl.Cl. The van der Waals surface area contributed by atoms with E-state index >= 15 is 0 Å². The lowest BCUT2D eigenvalue weighted by atomic mass is 9.97. The van der Waals surface area contributed by atoms with Crippen molar-refractivity contribution in [2.24, 2.45) is 11.7 Å². The number of aromatic nitrogens is 2. The fourth-order valence-corrected chi connectivity index (χ4v) is 2.44. The molecule has 1 aliphatic rings. The van der Waals surface area contributed by atoms with Crippen LogP contribution in [0.15, 0.2) is 4.42 Å². The normalized spacial score (nSPS) is 16.1. The summed E-state index contributed by atoms with van der Waals surface area (Å²) in [6.07, 6.45) is 5.08. The molecule has 0 aliphatic carbocycles. The van der Waals surface area contributed by atoms with Gasteiger partial charge in [0.25, 0.3) is 0 Å². The number of rotatable bonds is 7. The Kier molecular flexibility index (Phi) is 10.8. The highest BCUT2D eigenvalue weighted by atomic mass is 35.5. The van der Waals surface area contributed by atoms with Crippen molar-refractivity contribution in [3.8, 4) is 0 Å². The number of hydrogen-bond donors (Lipinski definition) is 2. The van der Waals surface area contributed by atoms with Gasteiger partial charge in [-0.25, -0.2) is 0 Å². The monoisotopic (exact) mass is 339 g/mol. The number of unbranched alkanes of at least 4 members (excludes halogenated alkanes) is 1. The van der Waals surface area contributed by atoms with Crippen LogP contribution in [0.25, 0.3) is 0 Å². The maximum Gasteiger partial charge on any atom is 0.315 e. The first-order valence-corrected chi connectivity index (χ1v) is 7.30. The van der Waals surface area contributed by atoms with E-state index in [4.69, 9.17) is 10.2 Å². The van der Waals surface area contributed by atoms with E-state index in [-0.39, 0.29) is 24.8 Å². The molecule has 0 atom stereocenters. The first-order chi connectivity index (χ1) is 9.31. The Hall–Kier alpha value is -0.560. The zero-order chi connectivity index (χ0) is 13.5. The van der Waals surface area contributed by atoms with Crippen LogP contribution in [0.2, 0.25) is 0 Å². The van der Waals surface area contributed by atoms with E-state index in [1.165, 1.54) is 45.3 Å². The van der Waals surface area contributed by atoms with Gasteiger partial charge in [-0.2, -0.15) is 0 Å². The predicted octanol–water partition coefficient (Wildman–Crippen LogP) is 2.30. The number of hydrogen-bond acceptors (Lipinski definition) is 6. The van der Waals surface area contributed by atoms with Gasteiger partial charge in [-0.3, -0.25) is 0 Å². The molecule has 0 spiro atoms. The lowest BCUT2D eigenvalue weighted by Crippen LogP contribution is -2.36. The van der Waals surface area contributed by atoms with Crippen LogP contribution in [-0.4, -0.2) is 41.3 Å². The summed E-state index contributed by atoms with van der Waals surface area (Å²) in [5.74, 6) is 1.18. The number of nitrogens with one attached hydrogen (secondary N) is 1. The minimum absolute atomic E-state index is 0. The van der Waals surface area contributed by atoms with Crippen molar-refractivity contribution in [1.29, 1.82) is 0 Å². The van der Waals surface area contributed by atoms with E-state index < -0.39 is 0 Å². The van der Waals surface area contributed by atoms with Gasteiger partial charge in [-0.15, -0.1) is 29.9 Å². The zero-order valence-corrected chi connectivity index (χ0v) is 14.2. The van der Waals surface area contributed by atoms with E-state index in [9.17, 15) is 0 Å². The quantitative estimate of drug-likeness (QED) is 0.793. The number of likely N-dealkylation sites (tertiary alicyclic amines) is 1. The van der Waals surface area contributed by atoms with Crippen LogP contribution in [0.5, 0.6) is 0 Å². The molecule has 3 N–H and O–H groups in total. The molecular weight excluding hydrogens is 313 g/mol. The second kappa shape index (κ2) is 11.1. The highest BCUT2D eigenvalue weighted by Crippen LogP contribution is 2.18. The van der Waals surface area contributed by atoms with Gasteiger partial charge in [0, 0.05) is 6.54 Å². The molecule has 6 nitrogen and oxygen atoms in total. The Morgan fingerprint density at radius 3 is 2.57 bits per heavy atom. The molecule has 124 valence electrons. The maximum atomic E-state index is 5.43. The Morgan fingerprint density at radius 1 is 1.29 bits per heavy atom. The highest BCUT2D eigenvalue weighted by Gasteiger charge is 2.19. The maximum absolute atomic E-state index is 5.43. The summed E-state index contributed by atoms with van der Waals surface area (Å²) in [7, 11) is 0. The summed E-state index contributed by atoms with van der Waals surface area (Å²) >= 11 is 0. The van der Waals surface area contributed by atoms with Crippen molar-refractivity contribution in [2.75, 3.05) is 31.5 Å². The molecule has 1 aromatic rings. The van der Waals surface area contributed by atoms with E-state index in [1.54, 1.807) is 0 Å². The minimum atomic E-state index is 0. The zero-order valence-electron chi connectivity index (χ0n) is 12.6. The largest absolute Gasteiger partial charge is 0.407 e. The molecule has 1 saturated heterocycles. The van der Waals surface area contributed by atoms with E-state index in [0.717, 1.165) is 6.54 Å². The fourth-order valence-electron chi connectivity index (χ4n) is 2.44. The molecule has 2 heterocycles. The average Bonchev–Trinajstić information content (AvgIpc) is 2.92. The summed E-state index contributed by atoms with van der Waals surface area (Å²) in [6.45, 7) is 7.13. The summed E-state index contributed by atoms with van der Waals surface area (Å²) < 4.78 is 5.33. The van der Waals surface area contributed by atoms with Gasteiger partial charge in [-0.1, -0.05) is 18.4 Å². The van der Waals surface area contributed by atoms with Gasteiger partial charge in [0.15, 0.2) is 0 Å². The molecule has 1 fully saturated rings. The lowest BCUT2D eigenvalue weighted by molar-refractivity contribution is 0.187. The number of halogens is 2. The Bertz CT molecular complexity index is 369. The van der Waals surface area contributed by atoms with Crippen molar-refractivity contribution >= 4 is 30.8 Å². The van der Waals surface area contributed by atoms with E-state index in [1.807, 2.05) is 0 Å². The van der Waals surface area contributed by atoms with Crippen LogP contribution >= 0.6 is 24.8 Å². The summed E-state index contributed by atoms with van der Waals surface area (Å²) in [5, 5.41) is 11.0. The molecule has 0 amide bonds. The molecule has 2 rings (SSSR count). The number of nitrogens with zero attached hydrogens (tertiary/aromatic N) is 3. The van der Waals surface area contributed by atoms with Crippen molar-refractivity contribution in [3.05, 3.63) is 5.89 Å². The number of piperidine rings is 1. The average molecular weight is 340 g/mol. The topological polar surface area (TPSA) is 80.2 Å². The highest BCUT2D eigenvalue weighted by molar-refractivity contribution is 5.85. The number of nitrogens with two attached hydrogens (primary N) is 1. The molecule has 0 aromatic carbocycles. The molecular formula is C13H27Cl2N5O. The lowest BCUT2D eigenvalue weighted by Gasteiger charge is -2.31. The van der Waals surface area contributed by atoms with Gasteiger partial charge < -0.3 is 20.4 Å². The van der Waals surface area contributed by atoms with Gasteiger partial charge in [-0.05, 0) is 44.8 Å². The third kappa shape index (κ3) is 6.82. The van der Waals surface area contributed by atoms with E-state index in [0.29, 0.717) is 24.4 Å². The van der Waals surface area contributed by atoms with Gasteiger partial charge in [0.1, 0.15) is 0 Å². The van der Waals surface area contributed by atoms with Crippen LogP contribution in [0.4, 0.5) is 6.01 Å². The Balaban J connectivity index is 0.00000200. The van der Waals surface area contributed by atoms with Crippen molar-refractivity contribution in [2.45, 2.75) is 39.2 Å². The molecule has 1 aromatic heterocycles. The minimum Gasteiger partial charge on any atom is -0.407 e. The molecule has 0 radical (unpaired) electrons. The molecule has 21 heavy (non-hydrogen) atoms. The third-order valence-corrected chi connectivity index (χ3v) is 3.72. The van der Waals surface area contributed by atoms with Gasteiger partial charge in [0.2, 0.25) is 5.89 Å². The summed E-state index contributed by atoms with van der Waals surface area (Å²) in [5.41, 5.74) is 5.43. The van der Waals surface area contributed by atoms with Crippen LogP contribution in [0.3, 0.4) is 0 Å². The predicted molar refractivity (Wildman–Crippen MR) is 89.2 cm³/mol. The number of anilines is 1. The van der Waals surface area contributed by atoms with Crippen LogP contribution < -0.4 is 11.1 Å². The Morgan fingerprint density at radius 2 is 2.00 bits per heavy atom. The Labute approximate surface area is 139 Å². The smallest absolute Gasteiger partial charge is 0.315 e. The molecule has 0 bridgehead atoms. The molecule has 0 unspecified atom stereocenters. The van der Waals surface area contributed by atoms with Crippen molar-refractivity contribution < 1.29 is 4.42 Å². The first-order valence-electron chi connectivity index (χ1n) is 7.30. The summed E-state index contributed by atoms with van der Waals surface area (Å²) in [4.78, 5) is 2.57. The van der Waals surface area contributed by atoms with E-state index in [2.05, 4.69) is 27.3 Å².